The van der Waals surface area contributed by atoms with Crippen LogP contribution >= 0.6 is 11.6 Å². The smallest absolute Gasteiger partial charge is 0.313 e. The number of aryl methyl sites for hydroxylation is 1. The van der Waals surface area contributed by atoms with E-state index in [4.69, 9.17) is 11.6 Å². The van der Waals surface area contributed by atoms with Gasteiger partial charge in [-0.2, -0.15) is 18.3 Å². The highest BCUT2D eigenvalue weighted by atomic mass is 35.5. The van der Waals surface area contributed by atoms with Crippen molar-refractivity contribution in [3.05, 3.63) is 52.1 Å². The lowest BCUT2D eigenvalue weighted by Gasteiger charge is -2.03. The van der Waals surface area contributed by atoms with Gasteiger partial charge in [-0.1, -0.05) is 22.8 Å². The molecule has 2 aromatic rings. The minimum atomic E-state index is -4.83. The van der Waals surface area contributed by atoms with Crippen LogP contribution in [-0.2, 0) is 18.1 Å². The quantitative estimate of drug-likeness (QED) is 0.369. The summed E-state index contributed by atoms with van der Waals surface area (Å²) in [5, 5.41) is 6.33. The molecule has 0 N–H and O–H groups in total. The maximum atomic E-state index is 13.4. The summed E-state index contributed by atoms with van der Waals surface area (Å²) in [6.07, 6.45) is -3.19. The second-order valence-electron chi connectivity index (χ2n) is 4.31. The van der Waals surface area contributed by atoms with E-state index in [2.05, 4.69) is 15.1 Å². The minimum Gasteiger partial charge on any atom is -0.313 e. The van der Waals surface area contributed by atoms with E-state index < -0.39 is 29.2 Å². The summed E-state index contributed by atoms with van der Waals surface area (Å²) in [4.78, 5) is 16.0. The minimum absolute atomic E-state index is 0.00200. The van der Waals surface area contributed by atoms with Crippen LogP contribution in [0.25, 0.3) is 0 Å². The number of hydrogen-bond donors (Lipinski definition) is 0. The van der Waals surface area contributed by atoms with Gasteiger partial charge in [-0.15, -0.1) is 0 Å². The van der Waals surface area contributed by atoms with Crippen molar-refractivity contribution in [3.63, 3.8) is 0 Å². The summed E-state index contributed by atoms with van der Waals surface area (Å²) in [6, 6.07) is 3.82. The Bertz CT molecular complexity index is 751. The summed E-state index contributed by atoms with van der Waals surface area (Å²) >= 11 is 5.72. The predicted octanol–water partition coefficient (Wildman–Crippen LogP) is 3.42. The zero-order valence-corrected chi connectivity index (χ0v) is 12.2. The number of alkyl halides is 3. The van der Waals surface area contributed by atoms with Gasteiger partial charge in [0.2, 0.25) is 0 Å². The maximum absolute atomic E-state index is 13.4. The molecule has 1 aromatic heterocycles. The molecule has 2 rings (SSSR count). The standard InChI is InChI=1S/C13H8ClF4N3O2/c1-21-6-8(11(20-21)13(16,17)18)12(22)23-19-5-7-9(14)3-2-4-10(7)15/h2-6H,1H3/b19-5+. The highest BCUT2D eigenvalue weighted by molar-refractivity contribution is 6.33. The summed E-state index contributed by atoms with van der Waals surface area (Å²) in [5.74, 6) is -2.11. The van der Waals surface area contributed by atoms with E-state index in [9.17, 15) is 22.4 Å². The van der Waals surface area contributed by atoms with E-state index in [0.717, 1.165) is 23.2 Å². The second-order valence-corrected chi connectivity index (χ2v) is 4.72. The number of hydrogen-bond acceptors (Lipinski definition) is 4. The molecule has 0 unspecified atom stereocenters. The molecule has 0 radical (unpaired) electrons. The van der Waals surface area contributed by atoms with Crippen LogP contribution in [0, 0.1) is 5.82 Å². The third kappa shape index (κ3) is 3.86. The van der Waals surface area contributed by atoms with Gasteiger partial charge < -0.3 is 4.84 Å². The Kier molecular flexibility index (Phi) is 4.69. The van der Waals surface area contributed by atoms with Crippen molar-refractivity contribution in [1.82, 2.24) is 9.78 Å². The molecule has 0 aliphatic rings. The fourth-order valence-corrected chi connectivity index (χ4v) is 1.87. The normalized spacial score (nSPS) is 11.9. The summed E-state index contributed by atoms with van der Waals surface area (Å²) in [7, 11) is 1.22. The first-order valence-corrected chi connectivity index (χ1v) is 6.37. The van der Waals surface area contributed by atoms with Crippen LogP contribution < -0.4 is 0 Å². The molecule has 0 fully saturated rings. The fourth-order valence-electron chi connectivity index (χ4n) is 1.66. The Morgan fingerprint density at radius 2 is 2.13 bits per heavy atom. The topological polar surface area (TPSA) is 56.5 Å². The van der Waals surface area contributed by atoms with Crippen molar-refractivity contribution in [2.24, 2.45) is 12.2 Å². The molecule has 10 heteroatoms. The molecule has 5 nitrogen and oxygen atoms in total. The molecular weight excluding hydrogens is 342 g/mol. The summed E-state index contributed by atoms with van der Waals surface area (Å²) in [6.45, 7) is 0. The molecule has 0 bridgehead atoms. The van der Waals surface area contributed by atoms with Gasteiger partial charge >= 0.3 is 12.1 Å². The average Bonchev–Trinajstić information content (AvgIpc) is 2.84. The number of carbonyl (C=O) groups excluding carboxylic acids is 1. The third-order valence-electron chi connectivity index (χ3n) is 2.63. The number of benzene rings is 1. The number of halogens is 5. The van der Waals surface area contributed by atoms with Crippen molar-refractivity contribution in [2.45, 2.75) is 6.18 Å². The molecule has 0 aliphatic carbocycles. The molecule has 0 atom stereocenters. The Balaban J connectivity index is 2.19. The molecule has 0 spiro atoms. The number of oxime groups is 1. The van der Waals surface area contributed by atoms with Crippen LogP contribution in [0.5, 0.6) is 0 Å². The Labute approximate surface area is 132 Å². The highest BCUT2D eigenvalue weighted by Gasteiger charge is 2.39. The zero-order valence-electron chi connectivity index (χ0n) is 11.4. The predicted molar refractivity (Wildman–Crippen MR) is 72.6 cm³/mol. The van der Waals surface area contributed by atoms with Crippen molar-refractivity contribution >= 4 is 23.8 Å². The van der Waals surface area contributed by atoms with E-state index in [1.165, 1.54) is 19.2 Å². The molecular formula is C13H8ClF4N3O2. The van der Waals surface area contributed by atoms with E-state index in [1.807, 2.05) is 0 Å². The molecule has 0 amide bonds. The van der Waals surface area contributed by atoms with Crippen LogP contribution in [0.1, 0.15) is 21.6 Å². The Hall–Kier alpha value is -2.42. The molecule has 1 heterocycles. The lowest BCUT2D eigenvalue weighted by molar-refractivity contribution is -0.142. The van der Waals surface area contributed by atoms with Crippen molar-refractivity contribution in [3.8, 4) is 0 Å². The zero-order chi connectivity index (χ0) is 17.2. The van der Waals surface area contributed by atoms with Gasteiger partial charge in [0.05, 0.1) is 16.8 Å². The van der Waals surface area contributed by atoms with Gasteiger partial charge in [0.1, 0.15) is 11.4 Å². The second kappa shape index (κ2) is 6.37. The Morgan fingerprint density at radius 3 is 2.74 bits per heavy atom. The first kappa shape index (κ1) is 16.9. The highest BCUT2D eigenvalue weighted by Crippen LogP contribution is 2.30. The lowest BCUT2D eigenvalue weighted by atomic mass is 10.2. The molecule has 0 saturated heterocycles. The molecule has 23 heavy (non-hydrogen) atoms. The maximum Gasteiger partial charge on any atom is 0.436 e. The SMILES string of the molecule is Cn1cc(C(=O)O/N=C/c2c(F)cccc2Cl)c(C(F)(F)F)n1. The van der Waals surface area contributed by atoms with Crippen LogP contribution in [0.3, 0.4) is 0 Å². The van der Waals surface area contributed by atoms with Gasteiger partial charge in [-0.05, 0) is 12.1 Å². The van der Waals surface area contributed by atoms with Crippen LogP contribution in [-0.4, -0.2) is 22.0 Å². The number of carbonyl (C=O) groups is 1. The number of aromatic nitrogens is 2. The first-order valence-electron chi connectivity index (χ1n) is 5.99. The number of rotatable bonds is 3. The Morgan fingerprint density at radius 1 is 1.43 bits per heavy atom. The van der Waals surface area contributed by atoms with Crippen LogP contribution in [0.15, 0.2) is 29.6 Å². The van der Waals surface area contributed by atoms with E-state index in [1.54, 1.807) is 0 Å². The molecule has 0 saturated carbocycles. The first-order chi connectivity index (χ1) is 10.7. The van der Waals surface area contributed by atoms with Gasteiger partial charge in [-0.3, -0.25) is 4.68 Å². The van der Waals surface area contributed by atoms with E-state index >= 15 is 0 Å². The van der Waals surface area contributed by atoms with Crippen LogP contribution in [0.2, 0.25) is 5.02 Å². The van der Waals surface area contributed by atoms with Crippen molar-refractivity contribution in [1.29, 1.82) is 0 Å². The van der Waals surface area contributed by atoms with Crippen LogP contribution in [0.4, 0.5) is 17.6 Å². The van der Waals surface area contributed by atoms with Gasteiger partial charge in [0.25, 0.3) is 0 Å². The van der Waals surface area contributed by atoms with Gasteiger partial charge in [0, 0.05) is 13.2 Å². The monoisotopic (exact) mass is 349 g/mol. The lowest BCUT2D eigenvalue weighted by Crippen LogP contribution is -2.13. The van der Waals surface area contributed by atoms with Crippen molar-refractivity contribution in [2.75, 3.05) is 0 Å². The molecule has 1 aromatic carbocycles. The van der Waals surface area contributed by atoms with E-state index in [0.29, 0.717) is 0 Å². The summed E-state index contributed by atoms with van der Waals surface area (Å²) in [5.41, 5.74) is -2.37. The fraction of sp³-hybridized carbons (Fsp3) is 0.154. The summed E-state index contributed by atoms with van der Waals surface area (Å²) < 4.78 is 52.4. The van der Waals surface area contributed by atoms with Crippen molar-refractivity contribution < 1.29 is 27.2 Å². The average molecular weight is 350 g/mol. The van der Waals surface area contributed by atoms with Gasteiger partial charge in [-0.25, -0.2) is 9.18 Å². The van der Waals surface area contributed by atoms with Gasteiger partial charge in [0.15, 0.2) is 5.69 Å². The molecule has 122 valence electrons. The third-order valence-corrected chi connectivity index (χ3v) is 2.96. The van der Waals surface area contributed by atoms with E-state index in [-0.39, 0.29) is 10.6 Å². The molecule has 0 aliphatic heterocycles. The largest absolute Gasteiger partial charge is 0.436 e. The number of nitrogens with zero attached hydrogens (tertiary/aromatic N) is 3.